The summed E-state index contributed by atoms with van der Waals surface area (Å²) in [6, 6.07) is 0. The van der Waals surface area contributed by atoms with Gasteiger partial charge in [0.1, 0.15) is 0 Å². The normalized spacial score (nSPS) is 14.5. The van der Waals surface area contributed by atoms with Crippen LogP contribution in [0.15, 0.2) is 4.47 Å². The smallest absolute Gasteiger partial charge is 0.0935 e. The van der Waals surface area contributed by atoms with Gasteiger partial charge in [-0.05, 0) is 48.7 Å². The fraction of sp³-hybridized carbons (Fsp3) is 0.786. The Morgan fingerprint density at radius 2 is 2.15 bits per heavy atom. The third kappa shape index (κ3) is 4.28. The number of aromatic nitrogens is 2. The van der Waals surface area contributed by atoms with Gasteiger partial charge in [0.15, 0.2) is 0 Å². The van der Waals surface area contributed by atoms with Crippen molar-refractivity contribution in [1.29, 1.82) is 0 Å². The van der Waals surface area contributed by atoms with Crippen molar-refractivity contribution in [1.82, 2.24) is 9.78 Å². The Morgan fingerprint density at radius 3 is 2.65 bits per heavy atom. The molecule has 1 heterocycles. The van der Waals surface area contributed by atoms with Crippen molar-refractivity contribution < 1.29 is 9.84 Å². The van der Waals surface area contributed by atoms with Crippen molar-refractivity contribution in [2.75, 3.05) is 20.3 Å². The summed E-state index contributed by atoms with van der Waals surface area (Å²) in [5.41, 5.74) is 6.72. The van der Waals surface area contributed by atoms with Crippen LogP contribution in [0, 0.1) is 0 Å². The molecular weight excluding hydrogens is 322 g/mol. The third-order valence-corrected chi connectivity index (χ3v) is 4.37. The molecular formula is C14H26BrN3O2. The third-order valence-electron chi connectivity index (χ3n) is 3.45. The van der Waals surface area contributed by atoms with Gasteiger partial charge in [-0.2, -0.15) is 5.10 Å². The molecule has 1 rings (SSSR count). The zero-order valence-electron chi connectivity index (χ0n) is 12.7. The first-order valence-corrected chi connectivity index (χ1v) is 7.96. The van der Waals surface area contributed by atoms with E-state index < -0.39 is 5.60 Å². The zero-order chi connectivity index (χ0) is 15.2. The second-order valence-electron chi connectivity index (χ2n) is 5.10. The van der Waals surface area contributed by atoms with Crippen LogP contribution in [0.1, 0.15) is 38.1 Å². The lowest BCUT2D eigenvalue weighted by Crippen LogP contribution is -2.38. The lowest BCUT2D eigenvalue weighted by Gasteiger charge is -2.27. The van der Waals surface area contributed by atoms with Gasteiger partial charge >= 0.3 is 0 Å². The molecule has 0 aliphatic rings. The SMILES string of the molecule is CCc1nn(CC)c(CC(O)(CCCN)COC)c1Br. The summed E-state index contributed by atoms with van der Waals surface area (Å²) in [5, 5.41) is 15.3. The van der Waals surface area contributed by atoms with Crippen molar-refractivity contribution in [3.63, 3.8) is 0 Å². The minimum Gasteiger partial charge on any atom is -0.387 e. The Morgan fingerprint density at radius 1 is 1.45 bits per heavy atom. The van der Waals surface area contributed by atoms with E-state index in [1.807, 2.05) is 4.68 Å². The first kappa shape index (κ1) is 17.6. The molecule has 0 saturated carbocycles. The van der Waals surface area contributed by atoms with Gasteiger partial charge in [-0.3, -0.25) is 4.68 Å². The fourth-order valence-electron chi connectivity index (χ4n) is 2.41. The molecule has 116 valence electrons. The number of methoxy groups -OCH3 is 1. The molecule has 1 aromatic heterocycles. The second-order valence-corrected chi connectivity index (χ2v) is 5.90. The lowest BCUT2D eigenvalue weighted by molar-refractivity contribution is -0.0388. The average Bonchev–Trinajstić information content (AvgIpc) is 2.73. The van der Waals surface area contributed by atoms with Gasteiger partial charge in [0.25, 0.3) is 0 Å². The highest BCUT2D eigenvalue weighted by molar-refractivity contribution is 9.10. The van der Waals surface area contributed by atoms with Crippen LogP contribution in [0.4, 0.5) is 0 Å². The lowest BCUT2D eigenvalue weighted by atomic mass is 9.92. The molecule has 0 saturated heterocycles. The first-order chi connectivity index (χ1) is 9.51. The molecule has 0 radical (unpaired) electrons. The number of nitrogens with two attached hydrogens (primary N) is 1. The summed E-state index contributed by atoms with van der Waals surface area (Å²) in [4.78, 5) is 0. The van der Waals surface area contributed by atoms with Gasteiger partial charge in [0.05, 0.1) is 28.1 Å². The summed E-state index contributed by atoms with van der Waals surface area (Å²) in [5.74, 6) is 0. The Labute approximate surface area is 129 Å². The van der Waals surface area contributed by atoms with Crippen molar-refractivity contribution in [3.8, 4) is 0 Å². The molecule has 0 aliphatic carbocycles. The van der Waals surface area contributed by atoms with Gasteiger partial charge in [-0.25, -0.2) is 0 Å². The van der Waals surface area contributed by atoms with Gasteiger partial charge < -0.3 is 15.6 Å². The predicted molar refractivity (Wildman–Crippen MR) is 83.8 cm³/mol. The van der Waals surface area contributed by atoms with Crippen LogP contribution in [0.5, 0.6) is 0 Å². The Balaban J connectivity index is 3.00. The molecule has 1 aromatic rings. The highest BCUT2D eigenvalue weighted by atomic mass is 79.9. The van der Waals surface area contributed by atoms with Crippen LogP contribution in [-0.2, 0) is 24.1 Å². The Kier molecular flexibility index (Phi) is 7.15. The van der Waals surface area contributed by atoms with Gasteiger partial charge in [0, 0.05) is 20.1 Å². The molecule has 0 amide bonds. The van der Waals surface area contributed by atoms with E-state index in [0.717, 1.165) is 35.2 Å². The first-order valence-electron chi connectivity index (χ1n) is 7.16. The van der Waals surface area contributed by atoms with E-state index >= 15 is 0 Å². The monoisotopic (exact) mass is 347 g/mol. The number of aliphatic hydroxyl groups is 1. The van der Waals surface area contributed by atoms with Gasteiger partial charge in [-0.15, -0.1) is 0 Å². The maximum atomic E-state index is 10.8. The molecule has 6 heteroatoms. The molecule has 5 nitrogen and oxygen atoms in total. The number of halogens is 1. The van der Waals surface area contributed by atoms with E-state index in [-0.39, 0.29) is 0 Å². The highest BCUT2D eigenvalue weighted by Crippen LogP contribution is 2.28. The summed E-state index contributed by atoms with van der Waals surface area (Å²) in [6.07, 6.45) is 2.78. The topological polar surface area (TPSA) is 73.3 Å². The molecule has 1 atom stereocenters. The number of hydrogen-bond acceptors (Lipinski definition) is 4. The van der Waals surface area contributed by atoms with Crippen LogP contribution in [0.25, 0.3) is 0 Å². The molecule has 0 bridgehead atoms. The van der Waals surface area contributed by atoms with Crippen LogP contribution in [0.2, 0.25) is 0 Å². The average molecular weight is 348 g/mol. The fourth-order valence-corrected chi connectivity index (χ4v) is 3.11. The summed E-state index contributed by atoms with van der Waals surface area (Å²) >= 11 is 3.62. The van der Waals surface area contributed by atoms with E-state index in [9.17, 15) is 5.11 Å². The van der Waals surface area contributed by atoms with Crippen LogP contribution in [0.3, 0.4) is 0 Å². The zero-order valence-corrected chi connectivity index (χ0v) is 14.2. The maximum Gasteiger partial charge on any atom is 0.0935 e. The van der Waals surface area contributed by atoms with E-state index in [0.29, 0.717) is 26.0 Å². The standard InChI is InChI=1S/C14H26BrN3O2/c1-4-11-13(15)12(18(5-2)17-11)9-14(19,10-20-3)7-6-8-16/h19H,4-10,16H2,1-3H3. The van der Waals surface area contributed by atoms with Crippen LogP contribution < -0.4 is 5.73 Å². The summed E-state index contributed by atoms with van der Waals surface area (Å²) < 4.78 is 8.14. The van der Waals surface area contributed by atoms with Crippen molar-refractivity contribution in [2.24, 2.45) is 5.73 Å². The molecule has 0 aromatic carbocycles. The minimum atomic E-state index is -0.894. The quantitative estimate of drug-likeness (QED) is 0.715. The van der Waals surface area contributed by atoms with E-state index in [4.69, 9.17) is 10.5 Å². The maximum absolute atomic E-state index is 10.8. The molecule has 3 N–H and O–H groups in total. The number of ether oxygens (including phenoxy) is 1. The number of rotatable bonds is 9. The number of nitrogens with zero attached hydrogens (tertiary/aromatic N) is 2. The highest BCUT2D eigenvalue weighted by Gasteiger charge is 2.30. The van der Waals surface area contributed by atoms with Crippen LogP contribution in [-0.4, -0.2) is 40.7 Å². The summed E-state index contributed by atoms with van der Waals surface area (Å²) in [6.45, 7) is 5.79. The van der Waals surface area contributed by atoms with Crippen molar-refractivity contribution >= 4 is 15.9 Å². The minimum absolute atomic E-state index is 0.301. The van der Waals surface area contributed by atoms with E-state index in [1.54, 1.807) is 7.11 Å². The predicted octanol–water partition coefficient (Wildman–Crippen LogP) is 1.89. The molecule has 1 unspecified atom stereocenters. The second kappa shape index (κ2) is 8.12. The van der Waals surface area contributed by atoms with E-state index in [2.05, 4.69) is 34.9 Å². The van der Waals surface area contributed by atoms with Crippen molar-refractivity contribution in [3.05, 3.63) is 15.9 Å². The Hall–Kier alpha value is -0.430. The Bertz CT molecular complexity index is 423. The van der Waals surface area contributed by atoms with Crippen LogP contribution >= 0.6 is 15.9 Å². The molecule has 0 spiro atoms. The molecule has 0 fully saturated rings. The number of hydrogen-bond donors (Lipinski definition) is 2. The summed E-state index contributed by atoms with van der Waals surface area (Å²) in [7, 11) is 1.61. The molecule has 20 heavy (non-hydrogen) atoms. The van der Waals surface area contributed by atoms with Gasteiger partial charge in [0.2, 0.25) is 0 Å². The largest absolute Gasteiger partial charge is 0.387 e. The van der Waals surface area contributed by atoms with Crippen molar-refractivity contribution in [2.45, 2.75) is 51.7 Å². The number of aryl methyl sites for hydroxylation is 2. The molecule has 0 aliphatic heterocycles. The van der Waals surface area contributed by atoms with E-state index in [1.165, 1.54) is 0 Å². The van der Waals surface area contributed by atoms with Gasteiger partial charge in [-0.1, -0.05) is 6.92 Å².